The first-order valence-corrected chi connectivity index (χ1v) is 12.3. The zero-order chi connectivity index (χ0) is 24.9. The fourth-order valence-electron chi connectivity index (χ4n) is 3.88. The average molecular weight is 531 g/mol. The number of carbonyl (C=O) groups excluding carboxylic acids is 2. The number of nitrogens with zero attached hydrogens (tertiary/aromatic N) is 2. The molecule has 7 nitrogen and oxygen atoms in total. The standard InChI is InChI=1S/C25H24Cl2N4O3S/c1-2-23(32)31-13-11-30(12-14-31)20-6-4-3-5-19(20)28-25(35)29-24(33)22-10-9-21(34-22)17-15-16(26)7-8-18(17)27/h3-10,15H,2,11-14H2,1H3,(H2,28,29,33,35). The second kappa shape index (κ2) is 11.1. The van der Waals surface area contributed by atoms with E-state index in [-0.39, 0.29) is 16.8 Å². The fraction of sp³-hybridized carbons (Fsp3) is 0.240. The third kappa shape index (κ3) is 5.96. The molecule has 10 heteroatoms. The Hall–Kier alpha value is -3.07. The van der Waals surface area contributed by atoms with Crippen LogP contribution in [-0.4, -0.2) is 48.0 Å². The molecule has 0 aliphatic carbocycles. The van der Waals surface area contributed by atoms with Crippen molar-refractivity contribution in [3.63, 3.8) is 0 Å². The van der Waals surface area contributed by atoms with E-state index in [2.05, 4.69) is 15.5 Å². The van der Waals surface area contributed by atoms with Gasteiger partial charge in [-0.25, -0.2) is 0 Å². The Kier molecular flexibility index (Phi) is 7.95. The lowest BCUT2D eigenvalue weighted by Crippen LogP contribution is -2.48. The minimum atomic E-state index is -0.490. The number of thiocarbonyl (C=S) groups is 1. The highest BCUT2D eigenvalue weighted by atomic mass is 35.5. The molecule has 3 aromatic rings. The van der Waals surface area contributed by atoms with Crippen LogP contribution in [0.25, 0.3) is 11.3 Å². The molecule has 35 heavy (non-hydrogen) atoms. The van der Waals surface area contributed by atoms with E-state index in [9.17, 15) is 9.59 Å². The van der Waals surface area contributed by atoms with Crippen LogP contribution >= 0.6 is 35.4 Å². The van der Waals surface area contributed by atoms with Crippen molar-refractivity contribution in [2.24, 2.45) is 0 Å². The van der Waals surface area contributed by atoms with Gasteiger partial charge in [-0.3, -0.25) is 14.9 Å². The molecule has 2 amide bonds. The van der Waals surface area contributed by atoms with Crippen LogP contribution in [0.2, 0.25) is 10.0 Å². The molecule has 0 radical (unpaired) electrons. The van der Waals surface area contributed by atoms with Crippen molar-refractivity contribution >= 4 is 63.7 Å². The van der Waals surface area contributed by atoms with Gasteiger partial charge in [-0.2, -0.15) is 0 Å². The predicted molar refractivity (Wildman–Crippen MR) is 143 cm³/mol. The van der Waals surface area contributed by atoms with Gasteiger partial charge in [0, 0.05) is 43.2 Å². The molecular formula is C25H24Cl2N4O3S. The highest BCUT2D eigenvalue weighted by Crippen LogP contribution is 2.32. The summed E-state index contributed by atoms with van der Waals surface area (Å²) in [7, 11) is 0. The van der Waals surface area contributed by atoms with E-state index in [1.807, 2.05) is 36.1 Å². The SMILES string of the molecule is CCC(=O)N1CCN(c2ccccc2NC(=S)NC(=O)c2ccc(-c3cc(Cl)ccc3Cl)o2)CC1. The van der Waals surface area contributed by atoms with Crippen LogP contribution < -0.4 is 15.5 Å². The Labute approximate surface area is 219 Å². The number of furan rings is 1. The van der Waals surface area contributed by atoms with Gasteiger partial charge in [-0.05, 0) is 54.7 Å². The molecule has 0 unspecified atom stereocenters. The zero-order valence-corrected chi connectivity index (χ0v) is 21.3. The smallest absolute Gasteiger partial charge is 0.293 e. The van der Waals surface area contributed by atoms with Gasteiger partial charge in [0.15, 0.2) is 10.9 Å². The molecule has 2 aromatic carbocycles. The minimum Gasteiger partial charge on any atom is -0.451 e. The molecule has 1 fully saturated rings. The highest BCUT2D eigenvalue weighted by Gasteiger charge is 2.22. The number of nitrogens with one attached hydrogen (secondary N) is 2. The first kappa shape index (κ1) is 25.0. The number of para-hydroxylation sites is 2. The van der Waals surface area contributed by atoms with Crippen LogP contribution in [0.5, 0.6) is 0 Å². The molecular weight excluding hydrogens is 507 g/mol. The maximum Gasteiger partial charge on any atom is 0.293 e. The largest absolute Gasteiger partial charge is 0.451 e. The molecule has 2 N–H and O–H groups in total. The van der Waals surface area contributed by atoms with Gasteiger partial charge in [0.05, 0.1) is 16.4 Å². The maximum atomic E-state index is 12.7. The van der Waals surface area contributed by atoms with E-state index in [1.165, 1.54) is 0 Å². The monoisotopic (exact) mass is 530 g/mol. The number of benzene rings is 2. The summed E-state index contributed by atoms with van der Waals surface area (Å²) in [5.41, 5.74) is 2.30. The summed E-state index contributed by atoms with van der Waals surface area (Å²) in [4.78, 5) is 28.8. The summed E-state index contributed by atoms with van der Waals surface area (Å²) in [5.74, 6) is 0.188. The predicted octanol–water partition coefficient (Wildman–Crippen LogP) is 5.44. The van der Waals surface area contributed by atoms with E-state index in [0.717, 1.165) is 11.4 Å². The number of carbonyl (C=O) groups is 2. The number of amides is 2. The van der Waals surface area contributed by atoms with Gasteiger partial charge in [0.25, 0.3) is 5.91 Å². The second-order valence-electron chi connectivity index (χ2n) is 7.93. The van der Waals surface area contributed by atoms with E-state index in [1.54, 1.807) is 30.3 Å². The van der Waals surface area contributed by atoms with Gasteiger partial charge in [0.1, 0.15) is 5.76 Å². The third-order valence-corrected chi connectivity index (χ3v) is 6.45. The number of hydrogen-bond acceptors (Lipinski definition) is 5. The first-order valence-electron chi connectivity index (χ1n) is 11.1. The third-order valence-electron chi connectivity index (χ3n) is 5.68. The molecule has 0 spiro atoms. The Morgan fingerprint density at radius 2 is 1.77 bits per heavy atom. The van der Waals surface area contributed by atoms with Crippen molar-refractivity contribution in [1.82, 2.24) is 10.2 Å². The minimum absolute atomic E-state index is 0.0881. The lowest BCUT2D eigenvalue weighted by Gasteiger charge is -2.37. The average Bonchev–Trinajstić information content (AvgIpc) is 3.36. The Morgan fingerprint density at radius 3 is 2.51 bits per heavy atom. The van der Waals surface area contributed by atoms with Gasteiger partial charge in [-0.1, -0.05) is 42.3 Å². The van der Waals surface area contributed by atoms with Crippen molar-refractivity contribution in [3.05, 3.63) is 70.4 Å². The summed E-state index contributed by atoms with van der Waals surface area (Å²) in [6.07, 6.45) is 0.509. The quantitative estimate of drug-likeness (QED) is 0.427. The number of rotatable bonds is 5. The molecule has 0 atom stereocenters. The van der Waals surface area contributed by atoms with Crippen LogP contribution in [-0.2, 0) is 4.79 Å². The van der Waals surface area contributed by atoms with Crippen molar-refractivity contribution in [2.45, 2.75) is 13.3 Å². The van der Waals surface area contributed by atoms with Crippen LogP contribution in [0.3, 0.4) is 0 Å². The topological polar surface area (TPSA) is 77.8 Å². The summed E-state index contributed by atoms with van der Waals surface area (Å²) in [6, 6.07) is 15.9. The summed E-state index contributed by atoms with van der Waals surface area (Å²) >= 11 is 17.7. The van der Waals surface area contributed by atoms with Crippen molar-refractivity contribution in [3.8, 4) is 11.3 Å². The normalized spacial score (nSPS) is 13.5. The zero-order valence-electron chi connectivity index (χ0n) is 19.0. The number of hydrogen-bond donors (Lipinski definition) is 2. The Morgan fingerprint density at radius 1 is 1.03 bits per heavy atom. The molecule has 1 aromatic heterocycles. The Bertz CT molecular complexity index is 1260. The van der Waals surface area contributed by atoms with Gasteiger partial charge >= 0.3 is 0 Å². The van der Waals surface area contributed by atoms with Gasteiger partial charge in [0.2, 0.25) is 5.91 Å². The molecule has 182 valence electrons. The van der Waals surface area contributed by atoms with Crippen LogP contribution in [0.4, 0.5) is 11.4 Å². The van der Waals surface area contributed by atoms with Crippen molar-refractivity contribution in [2.75, 3.05) is 36.4 Å². The molecule has 0 bridgehead atoms. The van der Waals surface area contributed by atoms with Gasteiger partial charge in [-0.15, -0.1) is 0 Å². The van der Waals surface area contributed by atoms with E-state index >= 15 is 0 Å². The van der Waals surface area contributed by atoms with Crippen LogP contribution in [0, 0.1) is 0 Å². The van der Waals surface area contributed by atoms with Crippen molar-refractivity contribution in [1.29, 1.82) is 0 Å². The molecule has 1 aliphatic rings. The van der Waals surface area contributed by atoms with Crippen molar-refractivity contribution < 1.29 is 14.0 Å². The molecule has 1 aliphatic heterocycles. The van der Waals surface area contributed by atoms with E-state index in [0.29, 0.717) is 54.0 Å². The van der Waals surface area contributed by atoms with E-state index in [4.69, 9.17) is 39.8 Å². The molecule has 1 saturated heterocycles. The first-order chi connectivity index (χ1) is 16.9. The number of piperazine rings is 1. The Balaban J connectivity index is 1.40. The van der Waals surface area contributed by atoms with Gasteiger partial charge < -0.3 is 19.5 Å². The summed E-state index contributed by atoms with van der Waals surface area (Å²) < 4.78 is 5.69. The maximum absolute atomic E-state index is 12.7. The summed E-state index contributed by atoms with van der Waals surface area (Å²) in [5, 5.41) is 6.87. The second-order valence-corrected chi connectivity index (χ2v) is 9.19. The number of halogens is 2. The van der Waals surface area contributed by atoms with E-state index < -0.39 is 5.91 Å². The fourth-order valence-corrected chi connectivity index (χ4v) is 4.47. The highest BCUT2D eigenvalue weighted by molar-refractivity contribution is 7.80. The summed E-state index contributed by atoms with van der Waals surface area (Å²) in [6.45, 7) is 4.63. The lowest BCUT2D eigenvalue weighted by atomic mass is 10.2. The molecule has 0 saturated carbocycles. The lowest BCUT2D eigenvalue weighted by molar-refractivity contribution is -0.131. The van der Waals surface area contributed by atoms with Crippen LogP contribution in [0.1, 0.15) is 23.9 Å². The molecule has 2 heterocycles. The van der Waals surface area contributed by atoms with Crippen LogP contribution in [0.15, 0.2) is 59.0 Å². The number of anilines is 2. The molecule has 4 rings (SSSR count).